The molecule has 8 heteroatoms. The zero-order valence-electron chi connectivity index (χ0n) is 19.9. The third-order valence-corrected chi connectivity index (χ3v) is 5.15. The van der Waals surface area contributed by atoms with Gasteiger partial charge < -0.3 is 15.1 Å². The molecular weight excluding hydrogens is 515 g/mol. The first-order valence-electron chi connectivity index (χ1n) is 10.8. The van der Waals surface area contributed by atoms with Crippen molar-refractivity contribution in [1.82, 2.24) is 25.4 Å². The molecule has 2 aromatic heterocycles. The molecule has 3 aromatic rings. The first-order valence-corrected chi connectivity index (χ1v) is 10.8. The minimum atomic E-state index is -0.0567. The van der Waals surface area contributed by atoms with Gasteiger partial charge in [-0.2, -0.15) is 5.10 Å². The van der Waals surface area contributed by atoms with E-state index < -0.39 is 0 Å². The van der Waals surface area contributed by atoms with Gasteiger partial charge in [-0.25, -0.2) is 9.98 Å². The minimum absolute atomic E-state index is 0. The van der Waals surface area contributed by atoms with E-state index in [0.29, 0.717) is 19.0 Å². The van der Waals surface area contributed by atoms with E-state index in [1.54, 1.807) is 6.20 Å². The highest BCUT2D eigenvalue weighted by molar-refractivity contribution is 14.0. The average Bonchev–Trinajstić information content (AvgIpc) is 3.31. The topological polar surface area (TPSA) is 80.3 Å². The molecular formula is C24H35IN6O. The molecule has 0 bridgehead atoms. The molecule has 0 atom stereocenters. The third kappa shape index (κ3) is 6.82. The quantitative estimate of drug-likeness (QED) is 0.253. The summed E-state index contributed by atoms with van der Waals surface area (Å²) in [6.07, 6.45) is 1.80. The summed E-state index contributed by atoms with van der Waals surface area (Å²) in [7, 11) is 0. The molecule has 0 unspecified atom stereocenters. The van der Waals surface area contributed by atoms with E-state index in [1.165, 1.54) is 5.56 Å². The second-order valence-corrected chi connectivity index (χ2v) is 8.71. The molecule has 0 aliphatic heterocycles. The number of hydrogen-bond donors (Lipinski definition) is 2. The SMILES string of the molecule is CCNC(=NCc1c(C)nn(Cc2ccccc2)c1C)NCc1ncc(C(C)(C)C)o1.I. The fourth-order valence-corrected chi connectivity index (χ4v) is 3.27. The predicted octanol–water partition coefficient (Wildman–Crippen LogP) is 4.71. The van der Waals surface area contributed by atoms with Crippen molar-refractivity contribution in [2.45, 2.75) is 66.6 Å². The van der Waals surface area contributed by atoms with E-state index in [0.717, 1.165) is 41.8 Å². The molecule has 7 nitrogen and oxygen atoms in total. The molecule has 1 aromatic carbocycles. The number of nitrogens with zero attached hydrogens (tertiary/aromatic N) is 4. The van der Waals surface area contributed by atoms with Crippen LogP contribution in [0.1, 0.15) is 61.9 Å². The van der Waals surface area contributed by atoms with Crippen molar-refractivity contribution in [2.24, 2.45) is 4.99 Å². The summed E-state index contributed by atoms with van der Waals surface area (Å²) in [6, 6.07) is 10.4. The van der Waals surface area contributed by atoms with Gasteiger partial charge in [0.15, 0.2) is 5.96 Å². The molecule has 174 valence electrons. The summed E-state index contributed by atoms with van der Waals surface area (Å²) in [5.74, 6) is 2.26. The maximum absolute atomic E-state index is 5.87. The summed E-state index contributed by atoms with van der Waals surface area (Å²) in [5, 5.41) is 11.3. The van der Waals surface area contributed by atoms with Gasteiger partial charge >= 0.3 is 0 Å². The zero-order chi connectivity index (χ0) is 22.4. The summed E-state index contributed by atoms with van der Waals surface area (Å²) in [5.41, 5.74) is 4.48. The summed E-state index contributed by atoms with van der Waals surface area (Å²) in [4.78, 5) is 9.15. The fraction of sp³-hybridized carbons (Fsp3) is 0.458. The first-order chi connectivity index (χ1) is 14.8. The van der Waals surface area contributed by atoms with Crippen molar-refractivity contribution in [3.8, 4) is 0 Å². The normalized spacial score (nSPS) is 11.9. The Hall–Kier alpha value is -2.36. The van der Waals surface area contributed by atoms with Crippen molar-refractivity contribution >= 4 is 29.9 Å². The van der Waals surface area contributed by atoms with E-state index in [-0.39, 0.29) is 29.4 Å². The van der Waals surface area contributed by atoms with Crippen molar-refractivity contribution in [3.05, 3.63) is 70.7 Å². The van der Waals surface area contributed by atoms with Crippen LogP contribution in [-0.4, -0.2) is 27.3 Å². The van der Waals surface area contributed by atoms with Gasteiger partial charge in [0.1, 0.15) is 5.76 Å². The Morgan fingerprint density at radius 3 is 2.47 bits per heavy atom. The first kappa shape index (κ1) is 25.9. The Morgan fingerprint density at radius 1 is 1.12 bits per heavy atom. The molecule has 2 heterocycles. The molecule has 2 N–H and O–H groups in total. The second kappa shape index (κ2) is 11.5. The average molecular weight is 550 g/mol. The molecule has 0 aliphatic carbocycles. The molecule has 3 rings (SSSR count). The standard InChI is InChI=1S/C24H34N6O.HI/c1-7-25-23(28-15-22-26-14-21(31-22)24(4,5)6)27-13-20-17(2)29-30(18(20)3)16-19-11-9-8-10-12-19;/h8-12,14H,7,13,15-16H2,1-6H3,(H2,25,27,28);1H. The van der Waals surface area contributed by atoms with Crippen molar-refractivity contribution in [3.63, 3.8) is 0 Å². The van der Waals surface area contributed by atoms with E-state index in [4.69, 9.17) is 14.5 Å². The van der Waals surface area contributed by atoms with Crippen LogP contribution in [0.4, 0.5) is 0 Å². The van der Waals surface area contributed by atoms with E-state index >= 15 is 0 Å². The van der Waals surface area contributed by atoms with Crippen LogP contribution >= 0.6 is 24.0 Å². The Labute approximate surface area is 208 Å². The van der Waals surface area contributed by atoms with Crippen LogP contribution in [0, 0.1) is 13.8 Å². The molecule has 32 heavy (non-hydrogen) atoms. The van der Waals surface area contributed by atoms with Crippen LogP contribution in [0.15, 0.2) is 45.9 Å². The summed E-state index contributed by atoms with van der Waals surface area (Å²) >= 11 is 0. The highest BCUT2D eigenvalue weighted by Crippen LogP contribution is 2.22. The Balaban J connectivity index is 0.00000363. The van der Waals surface area contributed by atoms with Crippen LogP contribution in [0.3, 0.4) is 0 Å². The van der Waals surface area contributed by atoms with Crippen molar-refractivity contribution in [2.75, 3.05) is 6.54 Å². The lowest BCUT2D eigenvalue weighted by Crippen LogP contribution is -2.36. The van der Waals surface area contributed by atoms with Gasteiger partial charge in [0.2, 0.25) is 5.89 Å². The number of guanidine groups is 1. The highest BCUT2D eigenvalue weighted by Gasteiger charge is 2.19. The maximum Gasteiger partial charge on any atom is 0.213 e. The van der Waals surface area contributed by atoms with Gasteiger partial charge in [-0.3, -0.25) is 4.68 Å². The summed E-state index contributed by atoms with van der Waals surface area (Å²) in [6.45, 7) is 15.1. The predicted molar refractivity (Wildman–Crippen MR) is 140 cm³/mol. The second-order valence-electron chi connectivity index (χ2n) is 8.71. The lowest BCUT2D eigenvalue weighted by atomic mass is 9.94. The number of benzene rings is 1. The zero-order valence-corrected chi connectivity index (χ0v) is 22.2. The smallest absolute Gasteiger partial charge is 0.213 e. The van der Waals surface area contributed by atoms with E-state index in [2.05, 4.69) is 79.2 Å². The molecule has 0 spiro atoms. The molecule has 0 saturated carbocycles. The lowest BCUT2D eigenvalue weighted by molar-refractivity contribution is 0.379. The van der Waals surface area contributed by atoms with Gasteiger partial charge in [-0.1, -0.05) is 51.1 Å². The van der Waals surface area contributed by atoms with E-state index in [1.807, 2.05) is 13.0 Å². The van der Waals surface area contributed by atoms with Gasteiger partial charge in [0.05, 0.1) is 31.5 Å². The maximum atomic E-state index is 5.87. The number of oxazole rings is 1. The Kier molecular flexibility index (Phi) is 9.30. The largest absolute Gasteiger partial charge is 0.443 e. The fourth-order valence-electron chi connectivity index (χ4n) is 3.27. The number of nitrogens with one attached hydrogen (secondary N) is 2. The van der Waals surface area contributed by atoms with Gasteiger partial charge in [0, 0.05) is 23.2 Å². The molecule has 0 fully saturated rings. The number of aliphatic imine (C=N–C) groups is 1. The van der Waals surface area contributed by atoms with E-state index in [9.17, 15) is 0 Å². The Morgan fingerprint density at radius 2 is 1.84 bits per heavy atom. The van der Waals surface area contributed by atoms with Crippen LogP contribution in [-0.2, 0) is 25.0 Å². The lowest BCUT2D eigenvalue weighted by Gasteiger charge is -2.13. The number of rotatable bonds is 7. The van der Waals surface area contributed by atoms with Crippen molar-refractivity contribution in [1.29, 1.82) is 0 Å². The Bertz CT molecular complexity index is 1020. The highest BCUT2D eigenvalue weighted by atomic mass is 127. The summed E-state index contributed by atoms with van der Waals surface area (Å²) < 4.78 is 7.92. The van der Waals surface area contributed by atoms with Gasteiger partial charge in [-0.05, 0) is 26.3 Å². The molecule has 0 radical (unpaired) electrons. The van der Waals surface area contributed by atoms with Crippen LogP contribution in [0.25, 0.3) is 0 Å². The van der Waals surface area contributed by atoms with Crippen molar-refractivity contribution < 1.29 is 4.42 Å². The van der Waals surface area contributed by atoms with Gasteiger partial charge in [0.25, 0.3) is 0 Å². The van der Waals surface area contributed by atoms with Crippen LogP contribution in [0.2, 0.25) is 0 Å². The van der Waals surface area contributed by atoms with Crippen LogP contribution < -0.4 is 10.6 Å². The molecule has 0 aliphatic rings. The monoisotopic (exact) mass is 550 g/mol. The van der Waals surface area contributed by atoms with Gasteiger partial charge in [-0.15, -0.1) is 24.0 Å². The molecule has 0 saturated heterocycles. The number of aromatic nitrogens is 3. The number of aryl methyl sites for hydroxylation is 1. The number of hydrogen-bond acceptors (Lipinski definition) is 4. The van der Waals surface area contributed by atoms with Crippen LogP contribution in [0.5, 0.6) is 0 Å². The third-order valence-electron chi connectivity index (χ3n) is 5.15. The number of halogens is 1. The molecule has 0 amide bonds. The minimum Gasteiger partial charge on any atom is -0.443 e.